The van der Waals surface area contributed by atoms with Crippen molar-refractivity contribution in [2.24, 2.45) is 0 Å². The van der Waals surface area contributed by atoms with Crippen LogP contribution in [0, 0.1) is 23.3 Å². The lowest BCUT2D eigenvalue weighted by Crippen LogP contribution is -2.39. The van der Waals surface area contributed by atoms with Crippen LogP contribution in [0.5, 0.6) is 5.75 Å². The van der Waals surface area contributed by atoms with Crippen LogP contribution in [-0.4, -0.2) is 53.9 Å². The lowest BCUT2D eigenvalue weighted by molar-refractivity contribution is -0.113. The number of amides is 1. The summed E-state index contributed by atoms with van der Waals surface area (Å²) in [6, 6.07) is 9.10. The van der Waals surface area contributed by atoms with Crippen molar-refractivity contribution in [3.8, 4) is 5.75 Å². The minimum Gasteiger partial charge on any atom is -0.491 e. The summed E-state index contributed by atoms with van der Waals surface area (Å²) < 4.78 is 60.3. The van der Waals surface area contributed by atoms with Crippen LogP contribution >= 0.6 is 0 Å². The predicted molar refractivity (Wildman–Crippen MR) is 152 cm³/mol. The number of nitrogens with one attached hydrogen (secondary N) is 1. The third-order valence-corrected chi connectivity index (χ3v) is 6.96. The molecule has 220 valence electrons. The highest BCUT2D eigenvalue weighted by Crippen LogP contribution is 2.29. The molecule has 10 heteroatoms. The SMILES string of the molecule is CCN(CC)CCOc1ccc(C(=O)NC2C/C(=C\c3ccc(F)c(F)c3)C(=O)/C(=C/c3ccc(F)c(F)c3)C2)nc1. The van der Waals surface area contributed by atoms with Crippen LogP contribution in [0.3, 0.4) is 0 Å². The Morgan fingerprint density at radius 1 is 0.905 bits per heavy atom. The number of hydrogen-bond donors (Lipinski definition) is 1. The Bertz CT molecular complexity index is 1430. The Morgan fingerprint density at radius 3 is 1.95 bits per heavy atom. The number of ketones is 1. The maximum atomic E-state index is 13.8. The van der Waals surface area contributed by atoms with Crippen molar-refractivity contribution < 1.29 is 31.9 Å². The number of benzene rings is 2. The second-order valence-electron chi connectivity index (χ2n) is 9.85. The van der Waals surface area contributed by atoms with Gasteiger partial charge in [-0.2, -0.15) is 0 Å². The summed E-state index contributed by atoms with van der Waals surface area (Å²) in [5.74, 6) is -4.55. The quantitative estimate of drug-likeness (QED) is 0.235. The summed E-state index contributed by atoms with van der Waals surface area (Å²) in [7, 11) is 0. The molecule has 0 aliphatic heterocycles. The lowest BCUT2D eigenvalue weighted by Gasteiger charge is -2.26. The molecule has 1 amide bonds. The van der Waals surface area contributed by atoms with Gasteiger partial charge in [0, 0.05) is 23.7 Å². The van der Waals surface area contributed by atoms with E-state index in [9.17, 15) is 27.2 Å². The average molecular weight is 582 g/mol. The topological polar surface area (TPSA) is 71.5 Å². The first-order valence-electron chi connectivity index (χ1n) is 13.6. The monoisotopic (exact) mass is 581 g/mol. The normalized spacial score (nSPS) is 17.2. The zero-order valence-corrected chi connectivity index (χ0v) is 23.3. The van der Waals surface area contributed by atoms with Crippen LogP contribution in [0.25, 0.3) is 12.2 Å². The summed E-state index contributed by atoms with van der Waals surface area (Å²) in [6.45, 7) is 7.22. The standard InChI is InChI=1S/C32H31F4N3O3/c1-3-39(4-2)11-12-42-25-7-10-30(37-19-25)32(41)38-24-17-22(13-20-5-8-26(33)28(35)15-20)31(40)23(18-24)14-21-6-9-27(34)29(36)16-21/h5-10,13-16,19,24H,3-4,11-12,17-18H2,1-2H3,(H,38,41)/b22-13+,23-14+. The number of nitrogens with zero attached hydrogens (tertiary/aromatic N) is 2. The van der Waals surface area contributed by atoms with E-state index in [0.717, 1.165) is 43.9 Å². The van der Waals surface area contributed by atoms with Gasteiger partial charge in [0.15, 0.2) is 29.1 Å². The van der Waals surface area contributed by atoms with E-state index in [4.69, 9.17) is 4.74 Å². The number of rotatable bonds is 10. The smallest absolute Gasteiger partial charge is 0.270 e. The number of ether oxygens (including phenoxy) is 1. The van der Waals surface area contributed by atoms with Gasteiger partial charge in [-0.15, -0.1) is 0 Å². The van der Waals surface area contributed by atoms with Gasteiger partial charge in [0.25, 0.3) is 5.91 Å². The molecule has 1 aliphatic carbocycles. The van der Waals surface area contributed by atoms with Crippen LogP contribution in [-0.2, 0) is 4.79 Å². The molecule has 0 atom stereocenters. The second-order valence-corrected chi connectivity index (χ2v) is 9.85. The van der Waals surface area contributed by atoms with Crippen LogP contribution in [0.15, 0.2) is 65.9 Å². The number of likely N-dealkylation sites (N-methyl/N-ethyl adjacent to an activating group) is 1. The summed E-state index contributed by atoms with van der Waals surface area (Å²) in [4.78, 5) is 32.8. The van der Waals surface area contributed by atoms with Crippen LogP contribution in [0.2, 0.25) is 0 Å². The molecule has 1 heterocycles. The Balaban J connectivity index is 1.53. The van der Waals surface area contributed by atoms with Gasteiger partial charge in [0.05, 0.1) is 6.20 Å². The fourth-order valence-corrected chi connectivity index (χ4v) is 4.64. The van der Waals surface area contributed by atoms with E-state index in [1.807, 2.05) is 0 Å². The van der Waals surface area contributed by atoms with Gasteiger partial charge in [0.1, 0.15) is 18.1 Å². The summed E-state index contributed by atoms with van der Waals surface area (Å²) >= 11 is 0. The molecule has 0 saturated heterocycles. The van der Waals surface area contributed by atoms with Crippen molar-refractivity contribution in [2.45, 2.75) is 32.7 Å². The largest absolute Gasteiger partial charge is 0.491 e. The molecule has 42 heavy (non-hydrogen) atoms. The zero-order chi connectivity index (χ0) is 30.2. The van der Waals surface area contributed by atoms with E-state index in [1.54, 1.807) is 6.07 Å². The van der Waals surface area contributed by atoms with Gasteiger partial charge < -0.3 is 15.0 Å². The van der Waals surface area contributed by atoms with Crippen LogP contribution < -0.4 is 10.1 Å². The van der Waals surface area contributed by atoms with E-state index in [-0.39, 0.29) is 40.8 Å². The Kier molecular flexibility index (Phi) is 10.2. The van der Waals surface area contributed by atoms with Gasteiger partial charge in [-0.1, -0.05) is 26.0 Å². The predicted octanol–water partition coefficient (Wildman–Crippen LogP) is 5.99. The third kappa shape index (κ3) is 7.91. The number of Topliss-reactive ketones (excluding diaryl/α,β-unsaturated/α-hetero) is 1. The van der Waals surface area contributed by atoms with E-state index in [0.29, 0.717) is 12.4 Å². The molecule has 2 aromatic carbocycles. The summed E-state index contributed by atoms with van der Waals surface area (Å²) in [6.07, 6.45) is 4.51. The molecule has 1 aliphatic rings. The highest BCUT2D eigenvalue weighted by atomic mass is 19.2. The van der Waals surface area contributed by atoms with Crippen molar-refractivity contribution in [3.63, 3.8) is 0 Å². The second kappa shape index (κ2) is 14.0. The molecule has 4 rings (SSSR count). The Morgan fingerprint density at radius 2 is 1.48 bits per heavy atom. The van der Waals surface area contributed by atoms with Gasteiger partial charge in [-0.25, -0.2) is 22.5 Å². The third-order valence-electron chi connectivity index (χ3n) is 6.96. The fraction of sp³-hybridized carbons (Fsp3) is 0.281. The highest BCUT2D eigenvalue weighted by Gasteiger charge is 2.29. The van der Waals surface area contributed by atoms with Gasteiger partial charge in [-0.05, 0) is 85.6 Å². The van der Waals surface area contributed by atoms with E-state index >= 15 is 0 Å². The van der Waals surface area contributed by atoms with Crippen LogP contribution in [0.4, 0.5) is 17.6 Å². The molecule has 3 aromatic rings. The van der Waals surface area contributed by atoms with Crippen molar-refractivity contribution in [2.75, 3.05) is 26.2 Å². The number of carbonyl (C=O) groups is 2. The molecule has 0 unspecified atom stereocenters. The van der Waals surface area contributed by atoms with Crippen molar-refractivity contribution >= 4 is 23.8 Å². The molecule has 1 saturated carbocycles. The minimum atomic E-state index is -1.07. The van der Waals surface area contributed by atoms with Crippen molar-refractivity contribution in [1.82, 2.24) is 15.2 Å². The minimum absolute atomic E-state index is 0.102. The Hall–Kier alpha value is -4.31. The van der Waals surface area contributed by atoms with Crippen molar-refractivity contribution in [1.29, 1.82) is 0 Å². The molecule has 0 radical (unpaired) electrons. The van der Waals surface area contributed by atoms with E-state index < -0.39 is 41.0 Å². The molecular formula is C32H31F4N3O3. The molecule has 0 bridgehead atoms. The fourth-order valence-electron chi connectivity index (χ4n) is 4.64. The molecular weight excluding hydrogens is 550 g/mol. The molecule has 1 aromatic heterocycles. The first-order chi connectivity index (χ1) is 20.2. The van der Waals surface area contributed by atoms with E-state index in [2.05, 4.69) is 29.0 Å². The first kappa shape index (κ1) is 30.6. The number of carbonyl (C=O) groups excluding carboxylic acids is 2. The average Bonchev–Trinajstić information content (AvgIpc) is 2.97. The highest BCUT2D eigenvalue weighted by molar-refractivity contribution is 6.14. The maximum absolute atomic E-state index is 13.8. The van der Waals surface area contributed by atoms with Gasteiger partial charge in [-0.3, -0.25) is 9.59 Å². The van der Waals surface area contributed by atoms with Crippen molar-refractivity contribution in [3.05, 3.63) is 106 Å². The number of aromatic nitrogens is 1. The summed E-state index contributed by atoms with van der Waals surface area (Å²) in [5, 5.41) is 2.87. The maximum Gasteiger partial charge on any atom is 0.270 e. The molecule has 0 spiro atoms. The van der Waals surface area contributed by atoms with Gasteiger partial charge in [0.2, 0.25) is 0 Å². The first-order valence-corrected chi connectivity index (χ1v) is 13.6. The number of hydrogen-bond acceptors (Lipinski definition) is 5. The molecule has 1 fully saturated rings. The van der Waals surface area contributed by atoms with E-state index in [1.165, 1.54) is 36.5 Å². The number of pyridine rings is 1. The lowest BCUT2D eigenvalue weighted by atomic mass is 9.83. The molecule has 1 N–H and O–H groups in total. The Labute approximate surface area is 241 Å². The molecule has 6 nitrogen and oxygen atoms in total. The summed E-state index contributed by atoms with van der Waals surface area (Å²) in [5.41, 5.74) is 1.12. The number of halogens is 4. The van der Waals surface area contributed by atoms with Gasteiger partial charge >= 0.3 is 0 Å². The zero-order valence-electron chi connectivity index (χ0n) is 23.3. The van der Waals surface area contributed by atoms with Crippen LogP contribution in [0.1, 0.15) is 48.3 Å².